The smallest absolute Gasteiger partial charge is 0.251 e. The van der Waals surface area contributed by atoms with Crippen LogP contribution < -0.4 is 10.2 Å². The monoisotopic (exact) mass is 444 g/mol. The number of carbonyl (C=O) groups is 1. The number of anilines is 1. The minimum Gasteiger partial charge on any atom is -0.372 e. The number of benzene rings is 3. The number of amides is 1. The van der Waals surface area contributed by atoms with Gasteiger partial charge in [0.15, 0.2) is 0 Å². The van der Waals surface area contributed by atoms with E-state index in [-0.39, 0.29) is 11.9 Å². The molecule has 4 rings (SSSR count). The number of thioether (sulfide) groups is 1. The van der Waals surface area contributed by atoms with E-state index in [1.807, 2.05) is 37.3 Å². The second kappa shape index (κ2) is 10.7. The number of carbonyl (C=O) groups excluding carboxylic acids is 1. The minimum absolute atomic E-state index is 0.0335. The molecule has 1 N–H and O–H groups in total. The van der Waals surface area contributed by atoms with Crippen molar-refractivity contribution in [3.63, 3.8) is 0 Å². The van der Waals surface area contributed by atoms with Crippen LogP contribution in [-0.2, 0) is 5.75 Å². The van der Waals surface area contributed by atoms with Gasteiger partial charge in [-0.2, -0.15) is 0 Å². The Morgan fingerprint density at radius 1 is 0.969 bits per heavy atom. The Hall–Kier alpha value is -2.72. The summed E-state index contributed by atoms with van der Waals surface area (Å²) in [6, 6.07) is 26.9. The third kappa shape index (κ3) is 5.95. The molecular weight excluding hydrogens is 412 g/mol. The van der Waals surface area contributed by atoms with Crippen LogP contribution in [0.3, 0.4) is 0 Å². The maximum Gasteiger partial charge on any atom is 0.251 e. The number of nitrogens with zero attached hydrogens (tertiary/aromatic N) is 1. The van der Waals surface area contributed by atoms with Crippen LogP contribution in [0.5, 0.6) is 0 Å². The van der Waals surface area contributed by atoms with Crippen LogP contribution in [0.25, 0.3) is 0 Å². The van der Waals surface area contributed by atoms with Crippen molar-refractivity contribution in [1.82, 2.24) is 5.32 Å². The van der Waals surface area contributed by atoms with E-state index in [0.717, 1.165) is 30.3 Å². The van der Waals surface area contributed by atoms with Gasteiger partial charge in [0.25, 0.3) is 5.91 Å². The summed E-state index contributed by atoms with van der Waals surface area (Å²) in [5.74, 6) is 1.69. The molecule has 3 nitrogen and oxygen atoms in total. The predicted octanol–water partition coefficient (Wildman–Crippen LogP) is 6.71. The summed E-state index contributed by atoms with van der Waals surface area (Å²) in [5, 5.41) is 3.14. The molecule has 0 radical (unpaired) electrons. The zero-order valence-corrected chi connectivity index (χ0v) is 19.8. The zero-order valence-electron chi connectivity index (χ0n) is 19.0. The number of nitrogens with one attached hydrogen (secondary N) is 1. The molecule has 1 fully saturated rings. The summed E-state index contributed by atoms with van der Waals surface area (Å²) in [7, 11) is 0. The normalized spacial score (nSPS) is 15.4. The first kappa shape index (κ1) is 22.5. The van der Waals surface area contributed by atoms with Gasteiger partial charge < -0.3 is 10.2 Å². The summed E-state index contributed by atoms with van der Waals surface area (Å²) in [6.07, 6.45) is 2.52. The van der Waals surface area contributed by atoms with E-state index in [4.69, 9.17) is 0 Å². The number of hydrogen-bond donors (Lipinski definition) is 1. The molecule has 0 saturated carbocycles. The third-order valence-corrected chi connectivity index (χ3v) is 7.34. The van der Waals surface area contributed by atoms with Crippen LogP contribution in [0, 0.1) is 5.92 Å². The van der Waals surface area contributed by atoms with Crippen LogP contribution in [0.1, 0.15) is 54.2 Å². The summed E-state index contributed by atoms with van der Waals surface area (Å²) in [4.78, 5) is 16.5. The molecule has 3 aromatic carbocycles. The van der Waals surface area contributed by atoms with Crippen molar-refractivity contribution >= 4 is 23.4 Å². The second-order valence-electron chi connectivity index (χ2n) is 8.75. The van der Waals surface area contributed by atoms with Gasteiger partial charge in [-0.1, -0.05) is 49.4 Å². The van der Waals surface area contributed by atoms with Gasteiger partial charge in [-0.25, -0.2) is 0 Å². The highest BCUT2D eigenvalue weighted by Crippen LogP contribution is 2.25. The molecule has 32 heavy (non-hydrogen) atoms. The van der Waals surface area contributed by atoms with E-state index < -0.39 is 0 Å². The van der Waals surface area contributed by atoms with E-state index in [1.54, 1.807) is 11.8 Å². The zero-order chi connectivity index (χ0) is 22.3. The van der Waals surface area contributed by atoms with Gasteiger partial charge >= 0.3 is 0 Å². The SMILES string of the molecule is CC1CCN(c2ccc([C@@H](C)NC(=O)c3ccc(CSc4ccccc4)cc3)cc2)CC1. The Morgan fingerprint density at radius 3 is 2.28 bits per heavy atom. The van der Waals surface area contributed by atoms with Gasteiger partial charge in [0, 0.05) is 35.0 Å². The number of rotatable bonds is 7. The molecule has 1 heterocycles. The average molecular weight is 445 g/mol. The van der Waals surface area contributed by atoms with Crippen LogP contribution in [-0.4, -0.2) is 19.0 Å². The van der Waals surface area contributed by atoms with E-state index in [0.29, 0.717) is 5.56 Å². The molecule has 1 saturated heterocycles. The van der Waals surface area contributed by atoms with Gasteiger partial charge in [0.2, 0.25) is 0 Å². The second-order valence-corrected chi connectivity index (χ2v) is 9.80. The van der Waals surface area contributed by atoms with Crippen molar-refractivity contribution in [2.45, 2.75) is 43.4 Å². The number of piperidine rings is 1. The summed E-state index contributed by atoms with van der Waals surface area (Å²) in [5.41, 5.74) is 4.32. The van der Waals surface area contributed by atoms with Crippen molar-refractivity contribution in [3.05, 3.63) is 95.6 Å². The van der Waals surface area contributed by atoms with Gasteiger partial charge in [0.1, 0.15) is 0 Å². The van der Waals surface area contributed by atoms with E-state index in [1.165, 1.54) is 29.0 Å². The molecule has 166 valence electrons. The molecule has 0 aromatic heterocycles. The Bertz CT molecular complexity index is 994. The quantitative estimate of drug-likeness (QED) is 0.411. The Balaban J connectivity index is 1.30. The maximum atomic E-state index is 12.7. The highest BCUT2D eigenvalue weighted by Gasteiger charge is 2.17. The third-order valence-electron chi connectivity index (χ3n) is 6.25. The first-order valence-electron chi connectivity index (χ1n) is 11.5. The topological polar surface area (TPSA) is 32.3 Å². The van der Waals surface area contributed by atoms with Crippen molar-refractivity contribution in [3.8, 4) is 0 Å². The summed E-state index contributed by atoms with van der Waals surface area (Å²) >= 11 is 1.80. The molecule has 0 unspecified atom stereocenters. The molecular formula is C28H32N2OS. The van der Waals surface area contributed by atoms with Crippen molar-refractivity contribution in [2.24, 2.45) is 5.92 Å². The van der Waals surface area contributed by atoms with Crippen LogP contribution >= 0.6 is 11.8 Å². The van der Waals surface area contributed by atoms with Gasteiger partial charge in [-0.05, 0) is 73.2 Å². The lowest BCUT2D eigenvalue weighted by Gasteiger charge is -2.32. The fourth-order valence-corrected chi connectivity index (χ4v) is 4.92. The lowest BCUT2D eigenvalue weighted by atomic mass is 9.98. The molecule has 1 aliphatic rings. The van der Waals surface area contributed by atoms with E-state index in [9.17, 15) is 4.79 Å². The molecule has 4 heteroatoms. The standard InChI is InChI=1S/C28H32N2OS/c1-21-16-18-30(19-17-21)26-14-12-24(13-15-26)22(2)29-28(31)25-10-8-23(9-11-25)20-32-27-6-4-3-5-7-27/h3-15,21-22H,16-20H2,1-2H3,(H,29,31)/t22-/m1/s1. The van der Waals surface area contributed by atoms with Crippen molar-refractivity contribution in [2.75, 3.05) is 18.0 Å². The van der Waals surface area contributed by atoms with Gasteiger partial charge in [0.05, 0.1) is 6.04 Å². The first-order chi connectivity index (χ1) is 15.6. The van der Waals surface area contributed by atoms with Crippen molar-refractivity contribution < 1.29 is 4.79 Å². The Labute approximate surface area is 196 Å². The molecule has 0 spiro atoms. The van der Waals surface area contributed by atoms with Crippen LogP contribution in [0.2, 0.25) is 0 Å². The lowest BCUT2D eigenvalue weighted by Crippen LogP contribution is -2.32. The van der Waals surface area contributed by atoms with Crippen LogP contribution in [0.15, 0.2) is 83.8 Å². The highest BCUT2D eigenvalue weighted by atomic mass is 32.2. The van der Waals surface area contributed by atoms with Crippen LogP contribution in [0.4, 0.5) is 5.69 Å². The highest BCUT2D eigenvalue weighted by molar-refractivity contribution is 7.98. The van der Waals surface area contributed by atoms with Gasteiger partial charge in [-0.3, -0.25) is 4.79 Å². The lowest BCUT2D eigenvalue weighted by molar-refractivity contribution is 0.0940. The fourth-order valence-electron chi connectivity index (χ4n) is 4.04. The fraction of sp³-hybridized carbons (Fsp3) is 0.321. The van der Waals surface area contributed by atoms with Crippen molar-refractivity contribution in [1.29, 1.82) is 0 Å². The summed E-state index contributed by atoms with van der Waals surface area (Å²) in [6.45, 7) is 6.64. The average Bonchev–Trinajstić information content (AvgIpc) is 2.84. The maximum absolute atomic E-state index is 12.7. The molecule has 1 atom stereocenters. The van der Waals surface area contributed by atoms with Gasteiger partial charge in [-0.15, -0.1) is 11.8 Å². The predicted molar refractivity (Wildman–Crippen MR) is 135 cm³/mol. The molecule has 3 aromatic rings. The Morgan fingerprint density at radius 2 is 1.62 bits per heavy atom. The first-order valence-corrected chi connectivity index (χ1v) is 12.5. The molecule has 1 aliphatic heterocycles. The Kier molecular flexibility index (Phi) is 7.54. The minimum atomic E-state index is -0.0359. The molecule has 1 amide bonds. The summed E-state index contributed by atoms with van der Waals surface area (Å²) < 4.78 is 0. The largest absolute Gasteiger partial charge is 0.372 e. The van der Waals surface area contributed by atoms with E-state index in [2.05, 4.69) is 65.7 Å². The molecule has 0 aliphatic carbocycles. The molecule has 0 bridgehead atoms. The van der Waals surface area contributed by atoms with E-state index >= 15 is 0 Å². The number of hydrogen-bond acceptors (Lipinski definition) is 3.